The normalized spacial score (nSPS) is 18.5. The van der Waals surface area contributed by atoms with Gasteiger partial charge in [-0.2, -0.15) is 0 Å². The van der Waals surface area contributed by atoms with Crippen LogP contribution in [0, 0.1) is 0 Å². The molecule has 1 aromatic rings. The minimum Gasteiger partial charge on any atom is -0.477 e. The van der Waals surface area contributed by atoms with Crippen LogP contribution in [0.1, 0.15) is 12.0 Å². The SMILES string of the molecule is O=C(NC(F)(C(=O)O)C(F)CCc1ccccc1)N1CCOCC1. The Balaban J connectivity index is 1.99. The van der Waals surface area contributed by atoms with Crippen LogP contribution in [-0.2, 0) is 16.0 Å². The molecule has 24 heavy (non-hydrogen) atoms. The molecule has 0 aromatic heterocycles. The molecule has 1 saturated heterocycles. The maximum atomic E-state index is 14.7. The Morgan fingerprint density at radius 2 is 1.92 bits per heavy atom. The second-order valence-corrected chi connectivity index (χ2v) is 5.54. The summed E-state index contributed by atoms with van der Waals surface area (Å²) < 4.78 is 34.0. The molecule has 2 atom stereocenters. The summed E-state index contributed by atoms with van der Waals surface area (Å²) in [5.74, 6) is -5.52. The van der Waals surface area contributed by atoms with Crippen LogP contribution in [0.25, 0.3) is 0 Å². The van der Waals surface area contributed by atoms with Crippen LogP contribution in [0.5, 0.6) is 0 Å². The van der Waals surface area contributed by atoms with Gasteiger partial charge in [0.2, 0.25) is 0 Å². The summed E-state index contributed by atoms with van der Waals surface area (Å²) >= 11 is 0. The van der Waals surface area contributed by atoms with E-state index in [4.69, 9.17) is 9.84 Å². The van der Waals surface area contributed by atoms with E-state index in [-0.39, 0.29) is 39.1 Å². The number of carbonyl (C=O) groups excluding carboxylic acids is 1. The van der Waals surface area contributed by atoms with Crippen molar-refractivity contribution < 1.29 is 28.2 Å². The molecule has 0 radical (unpaired) electrons. The van der Waals surface area contributed by atoms with Gasteiger partial charge in [-0.25, -0.2) is 18.4 Å². The number of morpholine rings is 1. The maximum Gasteiger partial charge on any atom is 0.365 e. The number of nitrogens with one attached hydrogen (secondary N) is 1. The van der Waals surface area contributed by atoms with Crippen molar-refractivity contribution in [2.45, 2.75) is 24.8 Å². The molecule has 132 valence electrons. The number of aryl methyl sites for hydroxylation is 1. The highest BCUT2D eigenvalue weighted by molar-refractivity contribution is 5.85. The van der Waals surface area contributed by atoms with Crippen LogP contribution < -0.4 is 5.32 Å². The molecule has 2 unspecified atom stereocenters. The topological polar surface area (TPSA) is 78.9 Å². The Labute approximate surface area is 138 Å². The third-order valence-corrected chi connectivity index (χ3v) is 3.86. The number of rotatable bonds is 6. The van der Waals surface area contributed by atoms with Gasteiger partial charge in [-0.1, -0.05) is 30.3 Å². The van der Waals surface area contributed by atoms with Crippen molar-refractivity contribution in [1.82, 2.24) is 10.2 Å². The third kappa shape index (κ3) is 4.41. The van der Waals surface area contributed by atoms with Gasteiger partial charge in [-0.3, -0.25) is 5.32 Å². The molecule has 0 aliphatic carbocycles. The number of aliphatic carboxylic acids is 1. The molecule has 2 rings (SSSR count). The van der Waals surface area contributed by atoms with Crippen molar-refractivity contribution in [3.05, 3.63) is 35.9 Å². The predicted octanol–water partition coefficient (Wildman–Crippen LogP) is 1.75. The van der Waals surface area contributed by atoms with E-state index in [1.807, 2.05) is 0 Å². The summed E-state index contributed by atoms with van der Waals surface area (Å²) in [5, 5.41) is 10.8. The van der Waals surface area contributed by atoms with E-state index in [2.05, 4.69) is 0 Å². The Morgan fingerprint density at radius 1 is 1.29 bits per heavy atom. The van der Waals surface area contributed by atoms with Crippen LogP contribution in [0.3, 0.4) is 0 Å². The lowest BCUT2D eigenvalue weighted by molar-refractivity contribution is -0.158. The third-order valence-electron chi connectivity index (χ3n) is 3.86. The number of ether oxygens (including phenoxy) is 1. The highest BCUT2D eigenvalue weighted by Gasteiger charge is 2.49. The van der Waals surface area contributed by atoms with Crippen molar-refractivity contribution in [2.24, 2.45) is 0 Å². The number of nitrogens with zero attached hydrogens (tertiary/aromatic N) is 1. The first-order valence-electron chi connectivity index (χ1n) is 7.68. The number of hydrogen-bond acceptors (Lipinski definition) is 3. The zero-order chi connectivity index (χ0) is 17.6. The van der Waals surface area contributed by atoms with Crippen molar-refractivity contribution in [3.8, 4) is 0 Å². The first kappa shape index (κ1) is 18.1. The Morgan fingerprint density at radius 3 is 2.50 bits per heavy atom. The molecule has 1 aliphatic rings. The summed E-state index contributed by atoms with van der Waals surface area (Å²) in [5.41, 5.74) is 0.757. The summed E-state index contributed by atoms with van der Waals surface area (Å²) in [6.45, 7) is 0.935. The van der Waals surface area contributed by atoms with Gasteiger partial charge in [0.05, 0.1) is 13.2 Å². The largest absolute Gasteiger partial charge is 0.477 e. The lowest BCUT2D eigenvalue weighted by atomic mass is 10.0. The van der Waals surface area contributed by atoms with Gasteiger partial charge in [0.15, 0.2) is 6.17 Å². The van der Waals surface area contributed by atoms with Gasteiger partial charge in [0, 0.05) is 13.1 Å². The summed E-state index contributed by atoms with van der Waals surface area (Å²) in [6.07, 6.45) is -2.58. The van der Waals surface area contributed by atoms with Crippen molar-refractivity contribution in [1.29, 1.82) is 0 Å². The van der Waals surface area contributed by atoms with Gasteiger partial charge in [-0.05, 0) is 18.4 Å². The van der Waals surface area contributed by atoms with Crippen molar-refractivity contribution in [3.63, 3.8) is 0 Å². The number of carbonyl (C=O) groups is 2. The Kier molecular flexibility index (Phi) is 6.08. The molecule has 2 N–H and O–H groups in total. The second kappa shape index (κ2) is 8.05. The predicted molar refractivity (Wildman–Crippen MR) is 82.1 cm³/mol. The van der Waals surface area contributed by atoms with E-state index in [0.29, 0.717) is 0 Å². The quantitative estimate of drug-likeness (QED) is 0.772. The second-order valence-electron chi connectivity index (χ2n) is 5.54. The van der Waals surface area contributed by atoms with Crippen LogP contribution in [-0.4, -0.2) is 60.3 Å². The van der Waals surface area contributed by atoms with Crippen LogP contribution in [0.4, 0.5) is 13.6 Å². The fourth-order valence-electron chi connectivity index (χ4n) is 2.40. The van der Waals surface area contributed by atoms with Gasteiger partial charge < -0.3 is 14.7 Å². The smallest absolute Gasteiger partial charge is 0.365 e. The number of urea groups is 1. The Hall–Kier alpha value is -2.22. The molecule has 1 aromatic carbocycles. The molecule has 0 spiro atoms. The molecule has 0 saturated carbocycles. The number of carboxylic acid groups (broad SMARTS) is 1. The minimum atomic E-state index is -3.47. The highest BCUT2D eigenvalue weighted by atomic mass is 19.2. The monoisotopic (exact) mass is 342 g/mol. The van der Waals surface area contributed by atoms with E-state index in [9.17, 15) is 18.4 Å². The first-order chi connectivity index (χ1) is 11.4. The molecule has 1 heterocycles. The molecule has 0 bridgehead atoms. The number of benzene rings is 1. The van der Waals surface area contributed by atoms with Gasteiger partial charge in [0.25, 0.3) is 0 Å². The minimum absolute atomic E-state index is 0.161. The van der Waals surface area contributed by atoms with Gasteiger partial charge >= 0.3 is 17.8 Å². The number of alkyl halides is 2. The maximum absolute atomic E-state index is 14.7. The molecule has 2 amide bonds. The number of hydrogen-bond donors (Lipinski definition) is 2. The van der Waals surface area contributed by atoms with Crippen molar-refractivity contribution in [2.75, 3.05) is 26.3 Å². The molecular weight excluding hydrogens is 322 g/mol. The Bertz CT molecular complexity index is 566. The number of amides is 2. The summed E-state index contributed by atoms with van der Waals surface area (Å²) in [6, 6.07) is 7.81. The van der Waals surface area contributed by atoms with Crippen LogP contribution >= 0.6 is 0 Å². The van der Waals surface area contributed by atoms with Crippen molar-refractivity contribution >= 4 is 12.0 Å². The van der Waals surface area contributed by atoms with Gasteiger partial charge in [-0.15, -0.1) is 0 Å². The summed E-state index contributed by atoms with van der Waals surface area (Å²) in [4.78, 5) is 24.4. The first-order valence-corrected chi connectivity index (χ1v) is 7.68. The lowest BCUT2D eigenvalue weighted by Crippen LogP contribution is -2.61. The highest BCUT2D eigenvalue weighted by Crippen LogP contribution is 2.22. The van der Waals surface area contributed by atoms with E-state index < -0.39 is 24.0 Å². The van der Waals surface area contributed by atoms with E-state index in [1.165, 1.54) is 4.90 Å². The van der Waals surface area contributed by atoms with Gasteiger partial charge in [0.1, 0.15) is 0 Å². The molecular formula is C16H20F2N2O4. The van der Waals surface area contributed by atoms with Crippen LogP contribution in [0.15, 0.2) is 30.3 Å². The average Bonchev–Trinajstić information content (AvgIpc) is 2.61. The lowest BCUT2D eigenvalue weighted by Gasteiger charge is -2.31. The zero-order valence-electron chi connectivity index (χ0n) is 13.1. The molecule has 8 heteroatoms. The zero-order valence-corrected chi connectivity index (χ0v) is 13.1. The van der Waals surface area contributed by atoms with E-state index in [0.717, 1.165) is 5.56 Å². The fraction of sp³-hybridized carbons (Fsp3) is 0.500. The number of halogens is 2. The fourth-order valence-corrected chi connectivity index (χ4v) is 2.40. The van der Waals surface area contributed by atoms with E-state index in [1.54, 1.807) is 35.6 Å². The number of carboxylic acids is 1. The molecule has 6 nitrogen and oxygen atoms in total. The molecule has 1 fully saturated rings. The standard InChI is InChI=1S/C16H20F2N2O4/c17-13(7-6-12-4-2-1-3-5-12)16(18,14(21)22)19-15(23)20-8-10-24-11-9-20/h1-5,13H,6-11H2,(H,19,23)(H,21,22). The van der Waals surface area contributed by atoms with E-state index >= 15 is 0 Å². The van der Waals surface area contributed by atoms with Crippen LogP contribution in [0.2, 0.25) is 0 Å². The average molecular weight is 342 g/mol. The molecule has 1 aliphatic heterocycles. The summed E-state index contributed by atoms with van der Waals surface area (Å²) in [7, 11) is 0.